The molecular weight excluding hydrogens is 202 g/mol. The zero-order valence-corrected chi connectivity index (χ0v) is 9.67. The molecule has 1 aromatic rings. The number of nitrogens with zero attached hydrogens (tertiary/aromatic N) is 2. The Morgan fingerprint density at radius 1 is 1.44 bits per heavy atom. The molecule has 0 aromatic carbocycles. The third-order valence-electron chi connectivity index (χ3n) is 2.83. The summed E-state index contributed by atoms with van der Waals surface area (Å²) in [5.74, 6) is 0. The average Bonchev–Trinajstić information content (AvgIpc) is 2.31. The van der Waals surface area contributed by atoms with Gasteiger partial charge in [-0.25, -0.2) is 0 Å². The minimum Gasteiger partial charge on any atom is -0.326 e. The zero-order valence-electron chi connectivity index (χ0n) is 9.67. The molecule has 0 spiro atoms. The van der Waals surface area contributed by atoms with Gasteiger partial charge in [-0.2, -0.15) is 5.06 Å². The predicted molar refractivity (Wildman–Crippen MR) is 62.5 cm³/mol. The molecule has 0 amide bonds. The fourth-order valence-electron chi connectivity index (χ4n) is 2.07. The Kier molecular flexibility index (Phi) is 3.88. The van der Waals surface area contributed by atoms with Gasteiger partial charge in [-0.3, -0.25) is 9.82 Å². The number of nitrogens with two attached hydrogens (primary N) is 1. The van der Waals surface area contributed by atoms with E-state index in [0.717, 1.165) is 31.7 Å². The maximum Gasteiger partial charge on any atom is 0.0921 e. The first-order chi connectivity index (χ1) is 7.79. The molecule has 2 rings (SSSR count). The molecule has 1 aromatic heterocycles. The smallest absolute Gasteiger partial charge is 0.0921 e. The maximum absolute atomic E-state index is 6.04. The molecule has 0 aliphatic carbocycles. The molecule has 1 fully saturated rings. The fourth-order valence-corrected chi connectivity index (χ4v) is 2.07. The third kappa shape index (κ3) is 2.58. The van der Waals surface area contributed by atoms with E-state index < -0.39 is 0 Å². The minimum atomic E-state index is 0.00741. The summed E-state index contributed by atoms with van der Waals surface area (Å²) in [4.78, 5) is 10.0. The molecule has 1 aliphatic heterocycles. The van der Waals surface area contributed by atoms with Crippen LogP contribution in [0.3, 0.4) is 0 Å². The van der Waals surface area contributed by atoms with Crippen molar-refractivity contribution in [2.75, 3.05) is 13.2 Å². The van der Waals surface area contributed by atoms with Crippen molar-refractivity contribution in [1.82, 2.24) is 10.0 Å². The van der Waals surface area contributed by atoms with E-state index in [9.17, 15) is 0 Å². The predicted octanol–water partition coefficient (Wildman–Crippen LogP) is 1.50. The van der Waals surface area contributed by atoms with Crippen LogP contribution in [0.15, 0.2) is 24.4 Å². The second-order valence-electron chi connectivity index (χ2n) is 4.24. The van der Waals surface area contributed by atoms with Crippen LogP contribution in [0.25, 0.3) is 0 Å². The molecule has 2 heterocycles. The van der Waals surface area contributed by atoms with Gasteiger partial charge in [0.25, 0.3) is 0 Å². The molecule has 2 unspecified atom stereocenters. The zero-order chi connectivity index (χ0) is 11.4. The number of hydroxylamine groups is 2. The molecule has 4 nitrogen and oxygen atoms in total. The van der Waals surface area contributed by atoms with Gasteiger partial charge >= 0.3 is 0 Å². The van der Waals surface area contributed by atoms with E-state index in [1.807, 2.05) is 30.2 Å². The van der Waals surface area contributed by atoms with Gasteiger partial charge in [-0.15, -0.1) is 0 Å². The summed E-state index contributed by atoms with van der Waals surface area (Å²) in [6.45, 7) is 3.72. The van der Waals surface area contributed by atoms with E-state index in [2.05, 4.69) is 4.98 Å². The Morgan fingerprint density at radius 2 is 2.31 bits per heavy atom. The second-order valence-corrected chi connectivity index (χ2v) is 4.24. The van der Waals surface area contributed by atoms with E-state index in [-0.39, 0.29) is 12.1 Å². The van der Waals surface area contributed by atoms with Crippen molar-refractivity contribution in [3.05, 3.63) is 30.1 Å². The summed E-state index contributed by atoms with van der Waals surface area (Å²) in [7, 11) is 0. The highest BCUT2D eigenvalue weighted by molar-refractivity contribution is 5.10. The summed E-state index contributed by atoms with van der Waals surface area (Å²) in [6.07, 6.45) is 4.09. The van der Waals surface area contributed by atoms with Crippen LogP contribution < -0.4 is 5.73 Å². The molecule has 1 saturated heterocycles. The highest BCUT2D eigenvalue weighted by atomic mass is 16.7. The summed E-state index contributed by atoms with van der Waals surface area (Å²) in [6, 6.07) is 5.97. The van der Waals surface area contributed by atoms with Crippen molar-refractivity contribution in [3.8, 4) is 0 Å². The largest absolute Gasteiger partial charge is 0.326 e. The number of hydrogen-bond acceptors (Lipinski definition) is 4. The van der Waals surface area contributed by atoms with Crippen LogP contribution in [-0.4, -0.2) is 29.2 Å². The van der Waals surface area contributed by atoms with Crippen molar-refractivity contribution in [2.24, 2.45) is 5.73 Å². The molecule has 4 heteroatoms. The summed E-state index contributed by atoms with van der Waals surface area (Å²) < 4.78 is 0. The van der Waals surface area contributed by atoms with Crippen LogP contribution >= 0.6 is 0 Å². The molecule has 0 radical (unpaired) electrons. The van der Waals surface area contributed by atoms with Gasteiger partial charge in [0.1, 0.15) is 0 Å². The fraction of sp³-hybridized carbons (Fsp3) is 0.583. The number of aromatic nitrogens is 1. The first-order valence-corrected chi connectivity index (χ1v) is 5.85. The van der Waals surface area contributed by atoms with Gasteiger partial charge < -0.3 is 5.73 Å². The Hall–Kier alpha value is -0.970. The molecular formula is C12H19N3O. The van der Waals surface area contributed by atoms with Gasteiger partial charge in [0, 0.05) is 18.8 Å². The van der Waals surface area contributed by atoms with Gasteiger partial charge in [0.15, 0.2) is 0 Å². The minimum absolute atomic E-state index is 0.00741. The average molecular weight is 221 g/mol. The number of pyridine rings is 1. The lowest BCUT2D eigenvalue weighted by Gasteiger charge is -2.35. The first kappa shape index (κ1) is 11.5. The standard InChI is InChI=1S/C12H19N3O/c1-10(13)12(11-6-2-3-7-14-11)15-8-4-5-9-16-15/h2-3,6-7,10,12H,4-5,8-9,13H2,1H3. The van der Waals surface area contributed by atoms with Crippen molar-refractivity contribution < 1.29 is 4.84 Å². The lowest BCUT2D eigenvalue weighted by Crippen LogP contribution is -2.42. The second kappa shape index (κ2) is 5.39. The molecule has 2 N–H and O–H groups in total. The SMILES string of the molecule is CC(N)C(c1ccccn1)N1CCCCO1. The normalized spacial score (nSPS) is 21.6. The van der Waals surface area contributed by atoms with Crippen molar-refractivity contribution in [3.63, 3.8) is 0 Å². The number of rotatable bonds is 3. The van der Waals surface area contributed by atoms with Crippen LogP contribution in [0.5, 0.6) is 0 Å². The molecule has 2 atom stereocenters. The van der Waals surface area contributed by atoms with Crippen LogP contribution in [-0.2, 0) is 4.84 Å². The van der Waals surface area contributed by atoms with Gasteiger partial charge in [0.05, 0.1) is 18.3 Å². The van der Waals surface area contributed by atoms with Crippen LogP contribution in [0.2, 0.25) is 0 Å². The third-order valence-corrected chi connectivity index (χ3v) is 2.83. The van der Waals surface area contributed by atoms with Gasteiger partial charge in [-0.05, 0) is 31.9 Å². The van der Waals surface area contributed by atoms with E-state index >= 15 is 0 Å². The first-order valence-electron chi connectivity index (χ1n) is 5.85. The molecule has 16 heavy (non-hydrogen) atoms. The topological polar surface area (TPSA) is 51.4 Å². The summed E-state index contributed by atoms with van der Waals surface area (Å²) in [5.41, 5.74) is 7.02. The summed E-state index contributed by atoms with van der Waals surface area (Å²) >= 11 is 0. The van der Waals surface area contributed by atoms with E-state index in [1.165, 1.54) is 0 Å². The Bertz CT molecular complexity index is 309. The maximum atomic E-state index is 6.04. The molecule has 0 bridgehead atoms. The highest BCUT2D eigenvalue weighted by Gasteiger charge is 2.27. The Labute approximate surface area is 96.4 Å². The lowest BCUT2D eigenvalue weighted by atomic mass is 10.1. The Balaban J connectivity index is 2.16. The van der Waals surface area contributed by atoms with E-state index in [0.29, 0.717) is 0 Å². The number of hydrogen-bond donors (Lipinski definition) is 1. The lowest BCUT2D eigenvalue weighted by molar-refractivity contribution is -0.212. The molecule has 1 aliphatic rings. The van der Waals surface area contributed by atoms with Crippen molar-refractivity contribution in [2.45, 2.75) is 31.8 Å². The van der Waals surface area contributed by atoms with Crippen LogP contribution in [0.1, 0.15) is 31.5 Å². The highest BCUT2D eigenvalue weighted by Crippen LogP contribution is 2.24. The van der Waals surface area contributed by atoms with Gasteiger partial charge in [-0.1, -0.05) is 6.07 Å². The molecule has 88 valence electrons. The van der Waals surface area contributed by atoms with E-state index in [1.54, 1.807) is 6.20 Å². The quantitative estimate of drug-likeness (QED) is 0.840. The monoisotopic (exact) mass is 221 g/mol. The van der Waals surface area contributed by atoms with Gasteiger partial charge in [0.2, 0.25) is 0 Å². The van der Waals surface area contributed by atoms with Crippen molar-refractivity contribution in [1.29, 1.82) is 0 Å². The van der Waals surface area contributed by atoms with Crippen LogP contribution in [0, 0.1) is 0 Å². The van der Waals surface area contributed by atoms with E-state index in [4.69, 9.17) is 10.6 Å². The summed E-state index contributed by atoms with van der Waals surface area (Å²) in [5, 5.41) is 1.98. The molecule has 0 saturated carbocycles. The Morgan fingerprint density at radius 3 is 2.88 bits per heavy atom. The van der Waals surface area contributed by atoms with Crippen LogP contribution in [0.4, 0.5) is 0 Å². The van der Waals surface area contributed by atoms with Crippen molar-refractivity contribution >= 4 is 0 Å².